The van der Waals surface area contributed by atoms with Gasteiger partial charge in [0.05, 0.1) is 0 Å². The molecule has 0 fully saturated rings. The van der Waals surface area contributed by atoms with E-state index in [0.29, 0.717) is 6.07 Å². The monoisotopic (exact) mass is 148 g/mol. The zero-order chi connectivity index (χ0) is 7.56. The lowest BCUT2D eigenvalue weighted by Gasteiger charge is -1.93. The maximum Gasteiger partial charge on any atom is 0.175 e. The van der Waals surface area contributed by atoms with Crippen LogP contribution in [-0.4, -0.2) is 0 Å². The molecule has 54 valence electrons. The Morgan fingerprint density at radius 2 is 1.80 bits per heavy atom. The van der Waals surface area contributed by atoms with Crippen LogP contribution in [0.4, 0.5) is 13.3 Å². The molecule has 0 radical (unpaired) electrons. The van der Waals surface area contributed by atoms with Crippen molar-refractivity contribution in [1.82, 2.24) is 0 Å². The average Bonchev–Trinajstić information content (AvgIpc) is 1.95. The fourth-order valence-electron chi connectivity index (χ4n) is 0.525. The van der Waals surface area contributed by atoms with Crippen LogP contribution in [-0.2, 0) is 0 Å². The van der Waals surface area contributed by atoms with Gasteiger partial charge < -0.3 is 0 Å². The summed E-state index contributed by atoms with van der Waals surface area (Å²) in [5.41, 5.74) is 0. The minimum Gasteiger partial charge on any atom is -0.294 e. The van der Waals surface area contributed by atoms with Crippen LogP contribution in [0.1, 0.15) is 0 Å². The maximum atomic E-state index is 12.1. The van der Waals surface area contributed by atoms with E-state index in [1.807, 2.05) is 0 Å². The lowest BCUT2D eigenvalue weighted by atomic mass is 10.3. The fraction of sp³-hybridized carbons (Fsp3) is 0. The number of hydrogen-bond donors (Lipinski definition) is 0. The first-order valence-electron chi connectivity index (χ1n) is 2.47. The second-order valence-electron chi connectivity index (χ2n) is 1.65. The molecule has 0 aliphatic heterocycles. The number of rotatable bonds is 1. The van der Waals surface area contributed by atoms with Gasteiger partial charge in [0.1, 0.15) is 0 Å². The van der Waals surface area contributed by atoms with Crippen LogP contribution in [0.25, 0.3) is 0 Å². The van der Waals surface area contributed by atoms with Crippen molar-refractivity contribution in [2.45, 2.75) is 0 Å². The summed E-state index contributed by atoms with van der Waals surface area (Å²) in [5.74, 6) is -2.50. The minimum absolute atomic E-state index is 0.348. The third-order valence-corrected chi connectivity index (χ3v) is 0.980. The van der Waals surface area contributed by atoms with E-state index in [1.165, 1.54) is 0 Å². The summed E-state index contributed by atoms with van der Waals surface area (Å²) >= 11 is 0. The third kappa shape index (κ3) is 1.21. The summed E-state index contributed by atoms with van der Waals surface area (Å²) in [5, 5.41) is 0. The Morgan fingerprint density at radius 3 is 2.30 bits per heavy atom. The molecule has 1 aromatic carbocycles. The van der Waals surface area contributed by atoms with E-state index >= 15 is 0 Å². The Labute approximate surface area is 54.9 Å². The Kier molecular flexibility index (Phi) is 1.80. The van der Waals surface area contributed by atoms with Gasteiger partial charge >= 0.3 is 0 Å². The van der Waals surface area contributed by atoms with Crippen molar-refractivity contribution in [2.24, 2.45) is 0 Å². The van der Waals surface area contributed by atoms with Crippen LogP contribution in [0.2, 0.25) is 0 Å². The van der Waals surface area contributed by atoms with Crippen LogP contribution < -0.4 is 4.94 Å². The van der Waals surface area contributed by atoms with Crippen molar-refractivity contribution in [1.29, 1.82) is 0 Å². The molecule has 0 unspecified atom stereocenters. The maximum absolute atomic E-state index is 12.1. The van der Waals surface area contributed by atoms with Gasteiger partial charge in [0.2, 0.25) is 0 Å². The van der Waals surface area contributed by atoms with Crippen LogP contribution in [0.3, 0.4) is 0 Å². The van der Waals surface area contributed by atoms with E-state index in [9.17, 15) is 13.3 Å². The highest BCUT2D eigenvalue weighted by Crippen LogP contribution is 2.14. The predicted molar refractivity (Wildman–Crippen MR) is 28.1 cm³/mol. The summed E-state index contributed by atoms with van der Waals surface area (Å²) in [6.45, 7) is 0. The van der Waals surface area contributed by atoms with Crippen LogP contribution in [0, 0.1) is 11.6 Å². The van der Waals surface area contributed by atoms with Gasteiger partial charge in [-0.25, -0.2) is 8.78 Å². The lowest BCUT2D eigenvalue weighted by Crippen LogP contribution is -1.83. The largest absolute Gasteiger partial charge is 0.294 e. The summed E-state index contributed by atoms with van der Waals surface area (Å²) in [6, 6.07) is 2.39. The number of halogens is 3. The first-order chi connectivity index (χ1) is 4.74. The normalized spacial score (nSPS) is 9.50. The molecule has 1 nitrogen and oxygen atoms in total. The summed E-state index contributed by atoms with van der Waals surface area (Å²) < 4.78 is 35.5. The molecule has 1 aromatic rings. The molecule has 0 atom stereocenters. The van der Waals surface area contributed by atoms with E-state index in [0.717, 1.165) is 12.1 Å². The summed E-state index contributed by atoms with van der Waals surface area (Å²) in [4.78, 5) is 3.14. The van der Waals surface area contributed by atoms with Gasteiger partial charge in [0.25, 0.3) is 0 Å². The molecule has 0 bridgehead atoms. The molecule has 0 aliphatic rings. The van der Waals surface area contributed by atoms with Crippen molar-refractivity contribution >= 4 is 0 Å². The first-order valence-corrected chi connectivity index (χ1v) is 2.47. The van der Waals surface area contributed by atoms with Gasteiger partial charge in [-0.15, -0.1) is 0 Å². The molecule has 0 saturated carbocycles. The van der Waals surface area contributed by atoms with Crippen molar-refractivity contribution in [3.8, 4) is 5.75 Å². The van der Waals surface area contributed by atoms with E-state index in [4.69, 9.17) is 0 Å². The topological polar surface area (TPSA) is 9.23 Å². The van der Waals surface area contributed by atoms with Crippen molar-refractivity contribution in [3.05, 3.63) is 29.8 Å². The molecule has 0 N–H and O–H groups in total. The van der Waals surface area contributed by atoms with Gasteiger partial charge in [0, 0.05) is 10.6 Å². The van der Waals surface area contributed by atoms with Crippen LogP contribution in [0.5, 0.6) is 5.75 Å². The molecule has 0 aliphatic carbocycles. The van der Waals surface area contributed by atoms with Crippen LogP contribution >= 0.6 is 0 Å². The second kappa shape index (κ2) is 2.60. The lowest BCUT2D eigenvalue weighted by molar-refractivity contribution is -0.00667. The van der Waals surface area contributed by atoms with Gasteiger partial charge in [0.15, 0.2) is 17.4 Å². The molecular formula is C6H3F3O. The van der Waals surface area contributed by atoms with E-state index in [-0.39, 0.29) is 5.75 Å². The Hall–Kier alpha value is -1.19. The van der Waals surface area contributed by atoms with Crippen molar-refractivity contribution in [2.75, 3.05) is 0 Å². The van der Waals surface area contributed by atoms with Gasteiger partial charge in [-0.2, -0.15) is 0 Å². The van der Waals surface area contributed by atoms with Crippen molar-refractivity contribution in [3.63, 3.8) is 0 Å². The number of hydrogen-bond acceptors (Lipinski definition) is 1. The number of benzene rings is 1. The molecule has 4 heteroatoms. The van der Waals surface area contributed by atoms with E-state index in [1.54, 1.807) is 0 Å². The highest BCUT2D eigenvalue weighted by molar-refractivity contribution is 5.22. The van der Waals surface area contributed by atoms with Gasteiger partial charge in [-0.05, 0) is 12.1 Å². The van der Waals surface area contributed by atoms with E-state index in [2.05, 4.69) is 4.94 Å². The third-order valence-electron chi connectivity index (χ3n) is 0.980. The quantitative estimate of drug-likeness (QED) is 0.593. The smallest absolute Gasteiger partial charge is 0.175 e. The highest BCUT2D eigenvalue weighted by atomic mass is 19.3. The molecule has 0 amide bonds. The second-order valence-corrected chi connectivity index (χ2v) is 1.65. The Balaban J connectivity index is 3.04. The van der Waals surface area contributed by atoms with Crippen LogP contribution in [0.15, 0.2) is 18.2 Å². The molecule has 1 rings (SSSR count). The molecule has 10 heavy (non-hydrogen) atoms. The van der Waals surface area contributed by atoms with Gasteiger partial charge in [-0.3, -0.25) is 4.94 Å². The highest BCUT2D eigenvalue weighted by Gasteiger charge is 2.02. The molecule has 0 heterocycles. The zero-order valence-electron chi connectivity index (χ0n) is 4.77. The molecule has 0 aromatic heterocycles. The van der Waals surface area contributed by atoms with E-state index < -0.39 is 11.6 Å². The molecular weight excluding hydrogens is 145 g/mol. The zero-order valence-corrected chi connectivity index (χ0v) is 4.77. The minimum atomic E-state index is -1.13. The van der Waals surface area contributed by atoms with Gasteiger partial charge in [-0.1, -0.05) is 0 Å². The Morgan fingerprint density at radius 1 is 1.10 bits per heavy atom. The van der Waals surface area contributed by atoms with Crippen molar-refractivity contribution < 1.29 is 18.2 Å². The molecule has 0 saturated heterocycles. The SMILES string of the molecule is FOc1ccc(F)c(F)c1. The molecule has 0 spiro atoms. The average molecular weight is 148 g/mol. The fourth-order valence-corrected chi connectivity index (χ4v) is 0.525. The first kappa shape index (κ1) is 6.92. The standard InChI is InChI=1S/C6H3F3O/c7-5-2-1-4(10-9)3-6(5)8/h1-3H. The predicted octanol–water partition coefficient (Wildman–Crippen LogP) is 2.23. The Bertz CT molecular complexity index is 236. The summed E-state index contributed by atoms with van der Waals surface area (Å²) in [6.07, 6.45) is 0. The summed E-state index contributed by atoms with van der Waals surface area (Å²) in [7, 11) is 0.